The normalized spacial score (nSPS) is 19.9. The molecular formula is C14H20N2O2. The first kappa shape index (κ1) is 11.7. The summed E-state index contributed by atoms with van der Waals surface area (Å²) in [6.45, 7) is 4.18. The average molecular weight is 248 g/mol. The van der Waals surface area contributed by atoms with Gasteiger partial charge in [0.15, 0.2) is 0 Å². The highest BCUT2D eigenvalue weighted by atomic mass is 16.5. The number of hydrogen-bond donors (Lipinski definition) is 1. The third-order valence-electron chi connectivity index (χ3n) is 3.54. The van der Waals surface area contributed by atoms with Crippen molar-refractivity contribution >= 4 is 11.4 Å². The van der Waals surface area contributed by atoms with Gasteiger partial charge >= 0.3 is 0 Å². The van der Waals surface area contributed by atoms with Crippen molar-refractivity contribution in [3.8, 4) is 5.75 Å². The fourth-order valence-electron chi connectivity index (χ4n) is 2.19. The van der Waals surface area contributed by atoms with Gasteiger partial charge in [0, 0.05) is 19.2 Å². The molecule has 0 spiro atoms. The SMILES string of the molecule is Nc1ccc(OCC2CC2)cc1N1CCOCC1. The van der Waals surface area contributed by atoms with Crippen LogP contribution in [0.4, 0.5) is 11.4 Å². The maximum atomic E-state index is 6.05. The van der Waals surface area contributed by atoms with Crippen LogP contribution in [0.2, 0.25) is 0 Å². The monoisotopic (exact) mass is 248 g/mol. The highest BCUT2D eigenvalue weighted by Gasteiger charge is 2.22. The van der Waals surface area contributed by atoms with Crippen molar-refractivity contribution in [1.82, 2.24) is 0 Å². The van der Waals surface area contributed by atoms with Gasteiger partial charge in [-0.3, -0.25) is 0 Å². The molecule has 2 N–H and O–H groups in total. The lowest BCUT2D eigenvalue weighted by Crippen LogP contribution is -2.36. The Morgan fingerprint density at radius 2 is 2.06 bits per heavy atom. The molecule has 0 atom stereocenters. The van der Waals surface area contributed by atoms with Gasteiger partial charge in [-0.1, -0.05) is 0 Å². The Morgan fingerprint density at radius 1 is 1.28 bits per heavy atom. The predicted octanol–water partition coefficient (Wildman–Crippen LogP) is 1.89. The molecule has 1 saturated heterocycles. The second-order valence-electron chi connectivity index (χ2n) is 5.07. The van der Waals surface area contributed by atoms with Crippen LogP contribution in [0.1, 0.15) is 12.8 Å². The van der Waals surface area contributed by atoms with Crippen molar-refractivity contribution in [1.29, 1.82) is 0 Å². The molecule has 18 heavy (non-hydrogen) atoms. The number of hydrogen-bond acceptors (Lipinski definition) is 4. The predicted molar refractivity (Wildman–Crippen MR) is 72.1 cm³/mol. The average Bonchev–Trinajstić information content (AvgIpc) is 3.23. The minimum absolute atomic E-state index is 0.770. The molecule has 98 valence electrons. The molecule has 3 rings (SSSR count). The van der Waals surface area contributed by atoms with E-state index in [1.807, 2.05) is 12.1 Å². The van der Waals surface area contributed by atoms with E-state index >= 15 is 0 Å². The Kier molecular flexibility index (Phi) is 3.28. The first-order valence-corrected chi connectivity index (χ1v) is 6.68. The molecule has 2 aliphatic rings. The second kappa shape index (κ2) is 5.06. The minimum Gasteiger partial charge on any atom is -0.493 e. The van der Waals surface area contributed by atoms with E-state index in [-0.39, 0.29) is 0 Å². The Balaban J connectivity index is 1.71. The van der Waals surface area contributed by atoms with Crippen molar-refractivity contribution < 1.29 is 9.47 Å². The summed E-state index contributed by atoms with van der Waals surface area (Å²) in [6, 6.07) is 5.96. The topological polar surface area (TPSA) is 47.7 Å². The number of rotatable bonds is 4. The van der Waals surface area contributed by atoms with E-state index in [1.54, 1.807) is 0 Å². The number of nitrogens with two attached hydrogens (primary N) is 1. The van der Waals surface area contributed by atoms with E-state index in [1.165, 1.54) is 12.8 Å². The van der Waals surface area contributed by atoms with Crippen LogP contribution < -0.4 is 15.4 Å². The summed E-state index contributed by atoms with van der Waals surface area (Å²) in [6.07, 6.45) is 2.62. The van der Waals surface area contributed by atoms with Gasteiger partial charge in [0.2, 0.25) is 0 Å². The third-order valence-corrected chi connectivity index (χ3v) is 3.54. The van der Waals surface area contributed by atoms with E-state index in [9.17, 15) is 0 Å². The number of nitrogens with zero attached hydrogens (tertiary/aromatic N) is 1. The van der Waals surface area contributed by atoms with Crippen LogP contribution >= 0.6 is 0 Å². The van der Waals surface area contributed by atoms with Gasteiger partial charge in [-0.15, -0.1) is 0 Å². The molecule has 1 heterocycles. The molecule has 0 amide bonds. The Morgan fingerprint density at radius 3 is 2.78 bits per heavy atom. The summed E-state index contributed by atoms with van der Waals surface area (Å²) >= 11 is 0. The summed E-state index contributed by atoms with van der Waals surface area (Å²) in [5.74, 6) is 1.70. The minimum atomic E-state index is 0.770. The van der Waals surface area contributed by atoms with E-state index in [0.29, 0.717) is 0 Å². The van der Waals surface area contributed by atoms with E-state index in [4.69, 9.17) is 15.2 Å². The lowest BCUT2D eigenvalue weighted by Gasteiger charge is -2.30. The number of morpholine rings is 1. The smallest absolute Gasteiger partial charge is 0.121 e. The Hall–Kier alpha value is -1.42. The molecule has 1 aromatic rings. The van der Waals surface area contributed by atoms with Gasteiger partial charge in [-0.25, -0.2) is 0 Å². The molecule has 0 unspecified atom stereocenters. The van der Waals surface area contributed by atoms with Crippen LogP contribution in [0.5, 0.6) is 5.75 Å². The van der Waals surface area contributed by atoms with Crippen molar-refractivity contribution in [2.24, 2.45) is 5.92 Å². The Bertz CT molecular complexity index is 412. The van der Waals surface area contributed by atoms with Crippen LogP contribution in [0.25, 0.3) is 0 Å². The van der Waals surface area contributed by atoms with Crippen molar-refractivity contribution in [3.05, 3.63) is 18.2 Å². The van der Waals surface area contributed by atoms with Gasteiger partial charge in [-0.05, 0) is 30.9 Å². The number of anilines is 2. The second-order valence-corrected chi connectivity index (χ2v) is 5.07. The first-order valence-electron chi connectivity index (χ1n) is 6.68. The van der Waals surface area contributed by atoms with Gasteiger partial charge in [-0.2, -0.15) is 0 Å². The highest BCUT2D eigenvalue weighted by Crippen LogP contribution is 2.32. The standard InChI is InChI=1S/C14H20N2O2/c15-13-4-3-12(18-10-11-1-2-11)9-14(13)16-5-7-17-8-6-16/h3-4,9,11H,1-2,5-8,10,15H2. The molecular weight excluding hydrogens is 228 g/mol. The summed E-state index contributed by atoms with van der Waals surface area (Å²) in [5, 5.41) is 0. The van der Waals surface area contributed by atoms with Crippen LogP contribution in [0.15, 0.2) is 18.2 Å². The number of nitrogen functional groups attached to an aromatic ring is 1. The number of benzene rings is 1. The molecule has 1 saturated carbocycles. The molecule has 4 nitrogen and oxygen atoms in total. The van der Waals surface area contributed by atoms with Gasteiger partial charge in [0.05, 0.1) is 31.2 Å². The van der Waals surface area contributed by atoms with Crippen molar-refractivity contribution in [2.45, 2.75) is 12.8 Å². The van der Waals surface area contributed by atoms with E-state index < -0.39 is 0 Å². The van der Waals surface area contributed by atoms with E-state index in [0.717, 1.165) is 56.0 Å². The summed E-state index contributed by atoms with van der Waals surface area (Å²) < 4.78 is 11.2. The third kappa shape index (κ3) is 2.70. The van der Waals surface area contributed by atoms with Crippen LogP contribution in [-0.2, 0) is 4.74 Å². The lowest BCUT2D eigenvalue weighted by molar-refractivity contribution is 0.122. The molecule has 2 fully saturated rings. The van der Waals surface area contributed by atoms with Crippen molar-refractivity contribution in [2.75, 3.05) is 43.5 Å². The highest BCUT2D eigenvalue weighted by molar-refractivity contribution is 5.69. The number of ether oxygens (including phenoxy) is 2. The zero-order valence-electron chi connectivity index (χ0n) is 10.6. The van der Waals surface area contributed by atoms with Crippen LogP contribution in [0, 0.1) is 5.92 Å². The zero-order chi connectivity index (χ0) is 12.4. The van der Waals surface area contributed by atoms with Gasteiger partial charge in [0.1, 0.15) is 5.75 Å². The molecule has 4 heteroatoms. The Labute approximate surface area is 108 Å². The summed E-state index contributed by atoms with van der Waals surface area (Å²) in [7, 11) is 0. The lowest BCUT2D eigenvalue weighted by atomic mass is 10.2. The van der Waals surface area contributed by atoms with Crippen LogP contribution in [-0.4, -0.2) is 32.9 Å². The molecule has 1 aliphatic carbocycles. The van der Waals surface area contributed by atoms with Gasteiger partial charge in [0.25, 0.3) is 0 Å². The fraction of sp³-hybridized carbons (Fsp3) is 0.571. The summed E-state index contributed by atoms with van der Waals surface area (Å²) in [5.41, 5.74) is 7.94. The quantitative estimate of drug-likeness (QED) is 0.827. The summed E-state index contributed by atoms with van der Waals surface area (Å²) in [4.78, 5) is 2.27. The maximum absolute atomic E-state index is 6.05. The van der Waals surface area contributed by atoms with Crippen LogP contribution in [0.3, 0.4) is 0 Å². The zero-order valence-corrected chi connectivity index (χ0v) is 10.6. The van der Waals surface area contributed by atoms with E-state index in [2.05, 4.69) is 11.0 Å². The molecule has 1 aliphatic heterocycles. The molecule has 0 bridgehead atoms. The largest absolute Gasteiger partial charge is 0.493 e. The maximum Gasteiger partial charge on any atom is 0.121 e. The fourth-order valence-corrected chi connectivity index (χ4v) is 2.19. The molecule has 0 radical (unpaired) electrons. The molecule has 0 aromatic heterocycles. The molecule has 1 aromatic carbocycles. The van der Waals surface area contributed by atoms with Crippen molar-refractivity contribution in [3.63, 3.8) is 0 Å². The van der Waals surface area contributed by atoms with Gasteiger partial charge < -0.3 is 20.1 Å². The first-order chi connectivity index (χ1) is 8.83.